The van der Waals surface area contributed by atoms with Crippen molar-refractivity contribution in [2.24, 2.45) is 0 Å². The van der Waals surface area contributed by atoms with Crippen LogP contribution in [0.25, 0.3) is 5.76 Å². The normalized spacial score (nSPS) is 14.8. The third-order valence-corrected chi connectivity index (χ3v) is 2.14. The molecule has 80 valence electrons. The summed E-state index contributed by atoms with van der Waals surface area (Å²) in [5.74, 6) is 1.42. The van der Waals surface area contributed by atoms with Crippen LogP contribution in [-0.2, 0) is 4.84 Å². The smallest absolute Gasteiger partial charge is 0.176 e. The zero-order chi connectivity index (χ0) is 10.8. The van der Waals surface area contributed by atoms with E-state index in [2.05, 4.69) is 5.59 Å². The number of nitrogens with two attached hydrogens (primary N) is 1. The van der Waals surface area contributed by atoms with Gasteiger partial charge in [-0.1, -0.05) is 5.59 Å². The summed E-state index contributed by atoms with van der Waals surface area (Å²) in [5.41, 5.74) is 9.99. The van der Waals surface area contributed by atoms with Crippen molar-refractivity contribution in [1.82, 2.24) is 10.6 Å². The number of benzene rings is 1. The van der Waals surface area contributed by atoms with Crippen LogP contribution in [0.4, 0.5) is 5.69 Å². The van der Waals surface area contributed by atoms with Gasteiger partial charge in [-0.15, -0.1) is 0 Å². The highest BCUT2D eigenvalue weighted by atomic mass is 16.7. The molecule has 5 nitrogen and oxygen atoms in total. The molecule has 0 aromatic heterocycles. The maximum Gasteiger partial charge on any atom is 0.176 e. The van der Waals surface area contributed by atoms with Gasteiger partial charge >= 0.3 is 0 Å². The highest BCUT2D eigenvalue weighted by molar-refractivity contribution is 5.72. The van der Waals surface area contributed by atoms with E-state index in [-0.39, 0.29) is 0 Å². The molecule has 0 saturated carbocycles. The molecular formula is C10H13N3O2. The maximum absolute atomic E-state index is 5.85. The predicted octanol–water partition coefficient (Wildman–Crippen LogP) is 0.957. The molecular weight excluding hydrogens is 194 g/mol. The van der Waals surface area contributed by atoms with E-state index in [0.717, 1.165) is 11.3 Å². The van der Waals surface area contributed by atoms with Gasteiger partial charge in [0.2, 0.25) is 0 Å². The first kappa shape index (κ1) is 9.67. The van der Waals surface area contributed by atoms with Crippen molar-refractivity contribution < 1.29 is 9.57 Å². The quantitative estimate of drug-likeness (QED) is 0.707. The van der Waals surface area contributed by atoms with Gasteiger partial charge in [-0.3, -0.25) is 5.01 Å². The Kier molecular flexibility index (Phi) is 2.39. The molecule has 1 aliphatic heterocycles. The number of ether oxygens (including phenoxy) is 1. The lowest BCUT2D eigenvalue weighted by atomic mass is 10.1. The van der Waals surface area contributed by atoms with E-state index in [1.165, 1.54) is 0 Å². The van der Waals surface area contributed by atoms with Gasteiger partial charge in [0, 0.05) is 18.3 Å². The minimum absolute atomic E-state index is 0.652. The van der Waals surface area contributed by atoms with E-state index < -0.39 is 0 Å². The lowest BCUT2D eigenvalue weighted by molar-refractivity contribution is 0.0650. The largest absolute Gasteiger partial charge is 0.497 e. The fraction of sp³-hybridized carbons (Fsp3) is 0.200. The van der Waals surface area contributed by atoms with Crippen LogP contribution in [0.3, 0.4) is 0 Å². The molecule has 3 N–H and O–H groups in total. The summed E-state index contributed by atoms with van der Waals surface area (Å²) in [5, 5.41) is 1.70. The Balaban J connectivity index is 2.38. The van der Waals surface area contributed by atoms with Gasteiger partial charge in [0.15, 0.2) is 5.76 Å². The topological polar surface area (TPSA) is 59.8 Å². The zero-order valence-corrected chi connectivity index (χ0v) is 8.65. The SMILES string of the molecule is COc1ccc(N)c(C2=CN(C)NO2)c1. The molecule has 1 heterocycles. The lowest BCUT2D eigenvalue weighted by Gasteiger charge is -2.08. The highest BCUT2D eigenvalue weighted by Gasteiger charge is 2.15. The molecule has 15 heavy (non-hydrogen) atoms. The van der Waals surface area contributed by atoms with Crippen LogP contribution in [0, 0.1) is 0 Å². The van der Waals surface area contributed by atoms with Gasteiger partial charge in [-0.2, -0.15) is 0 Å². The van der Waals surface area contributed by atoms with Crippen molar-refractivity contribution in [3.8, 4) is 5.75 Å². The van der Waals surface area contributed by atoms with Crippen molar-refractivity contribution in [1.29, 1.82) is 0 Å². The number of anilines is 1. The van der Waals surface area contributed by atoms with E-state index in [1.807, 2.05) is 25.4 Å². The fourth-order valence-electron chi connectivity index (χ4n) is 1.35. The van der Waals surface area contributed by atoms with E-state index in [1.54, 1.807) is 18.2 Å². The van der Waals surface area contributed by atoms with Gasteiger partial charge < -0.3 is 15.3 Å². The van der Waals surface area contributed by atoms with Crippen molar-refractivity contribution in [3.63, 3.8) is 0 Å². The van der Waals surface area contributed by atoms with E-state index in [4.69, 9.17) is 15.3 Å². The first-order valence-corrected chi connectivity index (χ1v) is 4.52. The molecule has 0 saturated heterocycles. The number of hydrogen-bond donors (Lipinski definition) is 2. The predicted molar refractivity (Wildman–Crippen MR) is 57.4 cm³/mol. The second-order valence-corrected chi connectivity index (χ2v) is 3.25. The first-order valence-electron chi connectivity index (χ1n) is 4.52. The van der Waals surface area contributed by atoms with Crippen LogP contribution in [0.15, 0.2) is 24.4 Å². The van der Waals surface area contributed by atoms with Crippen LogP contribution >= 0.6 is 0 Å². The molecule has 0 aliphatic carbocycles. The third-order valence-electron chi connectivity index (χ3n) is 2.14. The Bertz CT molecular complexity index is 404. The Hall–Kier alpha value is -1.88. The Labute approximate surface area is 88.0 Å². The molecule has 0 bridgehead atoms. The summed E-state index contributed by atoms with van der Waals surface area (Å²) in [6.45, 7) is 0. The number of hydrazine groups is 1. The Morgan fingerprint density at radius 3 is 2.87 bits per heavy atom. The number of nitrogens with one attached hydrogen (secondary N) is 1. The molecule has 2 rings (SSSR count). The maximum atomic E-state index is 5.85. The van der Waals surface area contributed by atoms with E-state index in [0.29, 0.717) is 11.4 Å². The zero-order valence-electron chi connectivity index (χ0n) is 8.65. The number of methoxy groups -OCH3 is 1. The van der Waals surface area contributed by atoms with Crippen LogP contribution in [0.5, 0.6) is 5.75 Å². The number of nitrogen functional groups attached to an aromatic ring is 1. The molecule has 0 fully saturated rings. The molecule has 5 heteroatoms. The van der Waals surface area contributed by atoms with Crippen LogP contribution < -0.4 is 16.1 Å². The first-order chi connectivity index (χ1) is 7.20. The minimum atomic E-state index is 0.652. The average Bonchev–Trinajstić information content (AvgIpc) is 2.65. The second kappa shape index (κ2) is 3.70. The lowest BCUT2D eigenvalue weighted by Crippen LogP contribution is -2.22. The summed E-state index contributed by atoms with van der Waals surface area (Å²) in [4.78, 5) is 5.23. The van der Waals surface area contributed by atoms with E-state index >= 15 is 0 Å². The Morgan fingerprint density at radius 1 is 1.47 bits per heavy atom. The molecule has 0 amide bonds. The molecule has 0 atom stereocenters. The summed E-state index contributed by atoms with van der Waals surface area (Å²) < 4.78 is 5.12. The standard InChI is InChI=1S/C10H13N3O2/c1-13-6-10(15-12-13)8-5-7(14-2)3-4-9(8)11/h3-6,12H,11H2,1-2H3. The van der Waals surface area contributed by atoms with Gasteiger partial charge in [0.05, 0.1) is 13.3 Å². The molecule has 0 radical (unpaired) electrons. The number of rotatable bonds is 2. The molecule has 0 spiro atoms. The molecule has 0 unspecified atom stereocenters. The molecule has 1 aromatic carbocycles. The summed E-state index contributed by atoms with van der Waals surface area (Å²) in [7, 11) is 3.45. The summed E-state index contributed by atoms with van der Waals surface area (Å²) >= 11 is 0. The van der Waals surface area contributed by atoms with Gasteiger partial charge in [-0.05, 0) is 18.2 Å². The second-order valence-electron chi connectivity index (χ2n) is 3.25. The monoisotopic (exact) mass is 207 g/mol. The van der Waals surface area contributed by atoms with Gasteiger partial charge in [-0.25, -0.2) is 0 Å². The number of hydrogen-bond acceptors (Lipinski definition) is 5. The average molecular weight is 207 g/mol. The third kappa shape index (κ3) is 1.82. The molecule has 1 aromatic rings. The van der Waals surface area contributed by atoms with E-state index in [9.17, 15) is 0 Å². The summed E-state index contributed by atoms with van der Waals surface area (Å²) in [6.07, 6.45) is 1.81. The summed E-state index contributed by atoms with van der Waals surface area (Å²) in [6, 6.07) is 5.43. The molecule has 1 aliphatic rings. The van der Waals surface area contributed by atoms with Crippen molar-refractivity contribution >= 4 is 11.4 Å². The van der Waals surface area contributed by atoms with Gasteiger partial charge in [0.25, 0.3) is 0 Å². The fourth-order valence-corrected chi connectivity index (χ4v) is 1.35. The Morgan fingerprint density at radius 2 is 2.27 bits per heavy atom. The number of nitrogens with zero attached hydrogens (tertiary/aromatic N) is 1. The van der Waals surface area contributed by atoms with Crippen LogP contribution in [0.2, 0.25) is 0 Å². The van der Waals surface area contributed by atoms with Crippen LogP contribution in [0.1, 0.15) is 5.56 Å². The highest BCUT2D eigenvalue weighted by Crippen LogP contribution is 2.28. The van der Waals surface area contributed by atoms with Crippen molar-refractivity contribution in [3.05, 3.63) is 30.0 Å². The van der Waals surface area contributed by atoms with Crippen LogP contribution in [-0.4, -0.2) is 19.2 Å². The van der Waals surface area contributed by atoms with Gasteiger partial charge in [0.1, 0.15) is 5.75 Å². The van der Waals surface area contributed by atoms with Crippen molar-refractivity contribution in [2.75, 3.05) is 19.9 Å². The van der Waals surface area contributed by atoms with Crippen molar-refractivity contribution in [2.45, 2.75) is 0 Å². The minimum Gasteiger partial charge on any atom is -0.497 e.